The smallest absolute Gasteiger partial charge is 0.0190 e. The number of hydrogen-bond donors (Lipinski definition) is 2. The summed E-state index contributed by atoms with van der Waals surface area (Å²) in [5, 5.41) is 5.09. The van der Waals surface area contributed by atoms with Crippen molar-refractivity contribution in [2.45, 2.75) is 40.8 Å². The lowest BCUT2D eigenvalue weighted by molar-refractivity contribution is 1.07. The molecule has 0 atom stereocenters. The fraction of sp³-hybridized carbons (Fsp3) is 0.300. The Labute approximate surface area is 132 Å². The van der Waals surface area contributed by atoms with Crippen LogP contribution >= 0.6 is 0 Å². The number of aryl methyl sites for hydroxylation is 2. The summed E-state index contributed by atoms with van der Waals surface area (Å²) in [5.74, 6) is 0. The van der Waals surface area contributed by atoms with Crippen molar-refractivity contribution in [3.8, 4) is 0 Å². The molecular weight excluding hydrogens is 268 g/mol. The molecule has 0 bridgehead atoms. The molecule has 0 amide bonds. The molecule has 0 aliphatic carbocycles. The maximum atomic E-state index is 6.15. The molecular formula is C20H24N2. The summed E-state index contributed by atoms with van der Waals surface area (Å²) in [7, 11) is 0. The lowest BCUT2D eigenvalue weighted by Gasteiger charge is -2.22. The molecule has 3 rings (SSSR count). The summed E-state index contributed by atoms with van der Waals surface area (Å²) in [6.45, 7) is 9.91. The average Bonchev–Trinajstić information content (AvgIpc) is 2.55. The minimum atomic E-state index is 0.546. The Balaban J connectivity index is 2.74. The summed E-state index contributed by atoms with van der Waals surface area (Å²) in [6, 6.07) is 8.49. The van der Waals surface area contributed by atoms with Crippen LogP contribution in [0.25, 0.3) is 21.5 Å². The maximum Gasteiger partial charge on any atom is 0.0190 e. The molecule has 114 valence electrons. The molecule has 3 aromatic rings. The van der Waals surface area contributed by atoms with E-state index < -0.39 is 0 Å². The van der Waals surface area contributed by atoms with E-state index in [1.54, 1.807) is 0 Å². The second kappa shape index (κ2) is 5.38. The predicted octanol–water partition coefficient (Wildman–Crippen LogP) is 4.14. The third-order valence-corrected chi connectivity index (χ3v) is 5.28. The zero-order valence-corrected chi connectivity index (χ0v) is 13.9. The van der Waals surface area contributed by atoms with Crippen LogP contribution in [0.3, 0.4) is 0 Å². The molecule has 2 heteroatoms. The first kappa shape index (κ1) is 15.0. The molecule has 22 heavy (non-hydrogen) atoms. The first-order chi connectivity index (χ1) is 10.5. The van der Waals surface area contributed by atoms with Crippen LogP contribution < -0.4 is 11.5 Å². The van der Waals surface area contributed by atoms with E-state index in [0.29, 0.717) is 13.1 Å². The van der Waals surface area contributed by atoms with Crippen LogP contribution in [0, 0.1) is 27.7 Å². The van der Waals surface area contributed by atoms with Crippen molar-refractivity contribution in [3.63, 3.8) is 0 Å². The second-order valence-electron chi connectivity index (χ2n) is 6.16. The van der Waals surface area contributed by atoms with Crippen LogP contribution in [0.15, 0.2) is 24.3 Å². The van der Waals surface area contributed by atoms with Gasteiger partial charge in [0.15, 0.2) is 0 Å². The SMILES string of the molecule is Cc1c(C)c(C)c2c(CN)c3ccccc3c(CN)c2c1C. The average molecular weight is 292 g/mol. The van der Waals surface area contributed by atoms with Crippen molar-refractivity contribution in [1.29, 1.82) is 0 Å². The molecule has 0 aliphatic heterocycles. The van der Waals surface area contributed by atoms with Gasteiger partial charge in [0, 0.05) is 13.1 Å². The van der Waals surface area contributed by atoms with Gasteiger partial charge in [-0.1, -0.05) is 24.3 Å². The zero-order chi connectivity index (χ0) is 16.0. The second-order valence-corrected chi connectivity index (χ2v) is 6.16. The van der Waals surface area contributed by atoms with Gasteiger partial charge in [-0.25, -0.2) is 0 Å². The number of nitrogens with two attached hydrogens (primary N) is 2. The van der Waals surface area contributed by atoms with Crippen LogP contribution in [0.2, 0.25) is 0 Å². The van der Waals surface area contributed by atoms with Crippen molar-refractivity contribution >= 4 is 21.5 Å². The van der Waals surface area contributed by atoms with Gasteiger partial charge in [-0.2, -0.15) is 0 Å². The van der Waals surface area contributed by atoms with E-state index in [1.807, 2.05) is 0 Å². The summed E-state index contributed by atoms with van der Waals surface area (Å²) in [5.41, 5.74) is 20.2. The Morgan fingerprint density at radius 1 is 0.636 bits per heavy atom. The molecule has 0 unspecified atom stereocenters. The number of fused-ring (bicyclic) bond motifs is 2. The molecule has 0 spiro atoms. The molecule has 4 N–H and O–H groups in total. The van der Waals surface area contributed by atoms with Crippen LogP contribution in [0.4, 0.5) is 0 Å². The van der Waals surface area contributed by atoms with E-state index in [2.05, 4.69) is 52.0 Å². The predicted molar refractivity (Wildman–Crippen MR) is 96.2 cm³/mol. The zero-order valence-electron chi connectivity index (χ0n) is 13.9. The van der Waals surface area contributed by atoms with Crippen LogP contribution in [0.1, 0.15) is 33.4 Å². The minimum absolute atomic E-state index is 0.546. The Hall–Kier alpha value is -1.90. The highest BCUT2D eigenvalue weighted by molar-refractivity contribution is 6.08. The van der Waals surface area contributed by atoms with E-state index in [-0.39, 0.29) is 0 Å². The molecule has 0 saturated heterocycles. The highest BCUT2D eigenvalue weighted by Gasteiger charge is 2.18. The van der Waals surface area contributed by atoms with E-state index in [4.69, 9.17) is 11.5 Å². The van der Waals surface area contributed by atoms with Gasteiger partial charge in [0.05, 0.1) is 0 Å². The first-order valence-electron chi connectivity index (χ1n) is 7.85. The molecule has 0 heterocycles. The van der Waals surface area contributed by atoms with Gasteiger partial charge in [-0.3, -0.25) is 0 Å². The van der Waals surface area contributed by atoms with E-state index >= 15 is 0 Å². The molecule has 0 aromatic heterocycles. The van der Waals surface area contributed by atoms with E-state index in [0.717, 1.165) is 0 Å². The first-order valence-corrected chi connectivity index (χ1v) is 7.85. The third kappa shape index (κ3) is 1.88. The van der Waals surface area contributed by atoms with Crippen molar-refractivity contribution in [2.75, 3.05) is 0 Å². The van der Waals surface area contributed by atoms with Crippen LogP contribution in [-0.2, 0) is 13.1 Å². The van der Waals surface area contributed by atoms with E-state index in [9.17, 15) is 0 Å². The Kier molecular flexibility index (Phi) is 3.67. The standard InChI is InChI=1S/C20H24N2/c1-11-12(2)14(4)20-18(10-22)16-8-6-5-7-15(16)17(9-21)19(20)13(11)3/h5-8H,9-10,21-22H2,1-4H3. The van der Waals surface area contributed by atoms with Gasteiger partial charge in [0.1, 0.15) is 0 Å². The maximum absolute atomic E-state index is 6.15. The van der Waals surface area contributed by atoms with Gasteiger partial charge in [0.2, 0.25) is 0 Å². The number of benzene rings is 3. The van der Waals surface area contributed by atoms with Crippen molar-refractivity contribution in [1.82, 2.24) is 0 Å². The molecule has 2 nitrogen and oxygen atoms in total. The fourth-order valence-corrected chi connectivity index (χ4v) is 3.77. The summed E-state index contributed by atoms with van der Waals surface area (Å²) >= 11 is 0. The highest BCUT2D eigenvalue weighted by Crippen LogP contribution is 2.38. The van der Waals surface area contributed by atoms with Gasteiger partial charge >= 0.3 is 0 Å². The topological polar surface area (TPSA) is 52.0 Å². The van der Waals surface area contributed by atoms with Crippen LogP contribution in [0.5, 0.6) is 0 Å². The highest BCUT2D eigenvalue weighted by atomic mass is 14.5. The minimum Gasteiger partial charge on any atom is -0.326 e. The third-order valence-electron chi connectivity index (χ3n) is 5.28. The summed E-state index contributed by atoms with van der Waals surface area (Å²) in [6.07, 6.45) is 0. The largest absolute Gasteiger partial charge is 0.326 e. The fourth-order valence-electron chi connectivity index (χ4n) is 3.77. The molecule has 0 radical (unpaired) electrons. The molecule has 3 aromatic carbocycles. The molecule has 0 fully saturated rings. The van der Waals surface area contributed by atoms with Gasteiger partial charge in [-0.05, 0) is 82.6 Å². The normalized spacial score (nSPS) is 11.5. The Morgan fingerprint density at radius 3 is 1.32 bits per heavy atom. The monoisotopic (exact) mass is 292 g/mol. The number of hydrogen-bond acceptors (Lipinski definition) is 2. The Bertz CT molecular complexity index is 818. The molecule has 0 aliphatic rings. The van der Waals surface area contributed by atoms with Crippen molar-refractivity contribution in [2.24, 2.45) is 11.5 Å². The summed E-state index contributed by atoms with van der Waals surface area (Å²) in [4.78, 5) is 0. The summed E-state index contributed by atoms with van der Waals surface area (Å²) < 4.78 is 0. The van der Waals surface area contributed by atoms with Gasteiger partial charge in [0.25, 0.3) is 0 Å². The van der Waals surface area contributed by atoms with Crippen LogP contribution in [-0.4, -0.2) is 0 Å². The lowest BCUT2D eigenvalue weighted by atomic mass is 9.83. The quantitative estimate of drug-likeness (QED) is 0.697. The van der Waals surface area contributed by atoms with E-state index in [1.165, 1.54) is 54.9 Å². The van der Waals surface area contributed by atoms with Crippen molar-refractivity contribution < 1.29 is 0 Å². The van der Waals surface area contributed by atoms with Gasteiger partial charge < -0.3 is 11.5 Å². The lowest BCUT2D eigenvalue weighted by Crippen LogP contribution is -2.08. The van der Waals surface area contributed by atoms with Crippen molar-refractivity contribution in [3.05, 3.63) is 57.6 Å². The van der Waals surface area contributed by atoms with Gasteiger partial charge in [-0.15, -0.1) is 0 Å². The Morgan fingerprint density at radius 2 is 1.00 bits per heavy atom. The molecule has 0 saturated carbocycles. The number of rotatable bonds is 2.